The van der Waals surface area contributed by atoms with E-state index in [-0.39, 0.29) is 6.54 Å². The summed E-state index contributed by atoms with van der Waals surface area (Å²) in [5.41, 5.74) is 0.185. The number of carboxylic acids is 1. The Hall–Kier alpha value is -3.69. The number of aliphatic carboxylic acids is 1. The van der Waals surface area contributed by atoms with Crippen molar-refractivity contribution in [1.29, 1.82) is 0 Å². The first-order valence-corrected chi connectivity index (χ1v) is 12.8. The molecule has 200 valence electrons. The van der Waals surface area contributed by atoms with E-state index in [1.165, 1.54) is 9.80 Å². The number of fused-ring (bicyclic) bond motifs is 1. The van der Waals surface area contributed by atoms with Gasteiger partial charge in [-0.15, -0.1) is 6.58 Å². The minimum Gasteiger partial charge on any atom is -0.497 e. The van der Waals surface area contributed by atoms with Crippen molar-refractivity contribution < 1.29 is 34.1 Å². The number of benzene rings is 2. The summed E-state index contributed by atoms with van der Waals surface area (Å²) < 4.78 is 11.6. The zero-order valence-electron chi connectivity index (χ0n) is 21.2. The maximum absolute atomic E-state index is 14.5. The predicted octanol–water partition coefficient (Wildman–Crippen LogP) is 2.28. The Morgan fingerprint density at radius 1 is 1.24 bits per heavy atom. The third kappa shape index (κ3) is 4.06. The van der Waals surface area contributed by atoms with Crippen molar-refractivity contribution >= 4 is 23.5 Å². The van der Waals surface area contributed by atoms with Gasteiger partial charge in [-0.25, -0.2) is 0 Å². The van der Waals surface area contributed by atoms with Crippen LogP contribution in [0.4, 0.5) is 5.69 Å². The first kappa shape index (κ1) is 25.9. The first-order chi connectivity index (χ1) is 18.4. The highest BCUT2D eigenvalue weighted by Gasteiger charge is 2.75. The number of aliphatic hydroxyl groups is 1. The zero-order valence-corrected chi connectivity index (χ0v) is 21.2. The van der Waals surface area contributed by atoms with E-state index in [1.807, 2.05) is 30.3 Å². The van der Waals surface area contributed by atoms with Gasteiger partial charge in [-0.2, -0.15) is 0 Å². The van der Waals surface area contributed by atoms with Crippen molar-refractivity contribution in [3.8, 4) is 5.75 Å². The highest BCUT2D eigenvalue weighted by Crippen LogP contribution is 2.59. The molecular weight excluding hydrogens is 488 g/mol. The first-order valence-electron chi connectivity index (χ1n) is 12.8. The molecule has 9 heteroatoms. The van der Waals surface area contributed by atoms with E-state index in [2.05, 4.69) is 6.58 Å². The maximum Gasteiger partial charge on any atom is 0.310 e. The largest absolute Gasteiger partial charge is 0.497 e. The normalized spacial score (nSPS) is 28.2. The number of carbonyl (C=O) groups excluding carboxylic acids is 2. The molecule has 38 heavy (non-hydrogen) atoms. The van der Waals surface area contributed by atoms with E-state index >= 15 is 0 Å². The van der Waals surface area contributed by atoms with Crippen LogP contribution in [-0.4, -0.2) is 76.9 Å². The van der Waals surface area contributed by atoms with Crippen LogP contribution in [0.25, 0.3) is 0 Å². The Balaban J connectivity index is 1.59. The molecule has 2 bridgehead atoms. The molecular formula is C29H32N2O7. The Bertz CT molecular complexity index is 1220. The number of carbonyl (C=O) groups is 3. The lowest BCUT2D eigenvalue weighted by Crippen LogP contribution is -2.59. The number of hydrogen-bond acceptors (Lipinski definition) is 6. The second-order valence-corrected chi connectivity index (χ2v) is 10.1. The summed E-state index contributed by atoms with van der Waals surface area (Å²) in [5.74, 6) is -3.38. The van der Waals surface area contributed by atoms with Gasteiger partial charge in [-0.3, -0.25) is 14.4 Å². The van der Waals surface area contributed by atoms with E-state index in [0.717, 1.165) is 5.56 Å². The van der Waals surface area contributed by atoms with Crippen LogP contribution in [0.5, 0.6) is 5.75 Å². The molecule has 2 aromatic carbocycles. The second kappa shape index (κ2) is 10.2. The van der Waals surface area contributed by atoms with E-state index in [4.69, 9.17) is 9.47 Å². The molecule has 0 radical (unpaired) electrons. The van der Waals surface area contributed by atoms with Gasteiger partial charge >= 0.3 is 5.97 Å². The molecule has 0 unspecified atom stereocenters. The average Bonchev–Trinajstić information content (AvgIpc) is 3.58. The molecule has 1 spiro atoms. The van der Waals surface area contributed by atoms with E-state index < -0.39 is 60.0 Å². The summed E-state index contributed by atoms with van der Waals surface area (Å²) in [6.45, 7) is 3.58. The Kier molecular flexibility index (Phi) is 6.98. The smallest absolute Gasteiger partial charge is 0.310 e. The van der Waals surface area contributed by atoms with Gasteiger partial charge in [-0.05, 0) is 49.1 Å². The van der Waals surface area contributed by atoms with Crippen LogP contribution >= 0.6 is 0 Å². The SMILES string of the molecule is C=CCN(C(=O)[C@H]1N([C@@H](CO)Cc2ccccc2)C(=O)[C@@H]2[C@@H](C(=O)O)[C@H]3CC[C@]21O3)c1ccc(OC)cc1. The van der Waals surface area contributed by atoms with Gasteiger partial charge in [0.1, 0.15) is 17.4 Å². The number of nitrogens with zero attached hydrogens (tertiary/aromatic N) is 2. The topological polar surface area (TPSA) is 117 Å². The number of anilines is 1. The lowest BCUT2D eigenvalue weighted by atomic mass is 9.70. The number of likely N-dealkylation sites (tertiary alicyclic amines) is 1. The van der Waals surface area contributed by atoms with Gasteiger partial charge in [0.15, 0.2) is 0 Å². The van der Waals surface area contributed by atoms with Crippen molar-refractivity contribution in [1.82, 2.24) is 4.90 Å². The molecule has 6 atom stereocenters. The number of carboxylic acid groups (broad SMARTS) is 1. The fourth-order valence-corrected chi connectivity index (χ4v) is 6.54. The van der Waals surface area contributed by atoms with Gasteiger partial charge in [0, 0.05) is 12.2 Å². The molecule has 0 saturated carbocycles. The molecule has 5 rings (SSSR count). The third-order valence-corrected chi connectivity index (χ3v) is 8.14. The molecule has 2 amide bonds. The molecule has 0 aromatic heterocycles. The van der Waals surface area contributed by atoms with Crippen molar-refractivity contribution in [3.63, 3.8) is 0 Å². The fraction of sp³-hybridized carbons (Fsp3) is 0.414. The van der Waals surface area contributed by atoms with Crippen LogP contribution in [0, 0.1) is 11.8 Å². The summed E-state index contributed by atoms with van der Waals surface area (Å²) in [7, 11) is 1.55. The van der Waals surface area contributed by atoms with Crippen molar-refractivity contribution in [2.75, 3.05) is 25.2 Å². The van der Waals surface area contributed by atoms with Crippen LogP contribution in [0.3, 0.4) is 0 Å². The Labute approximate surface area is 221 Å². The number of aliphatic hydroxyl groups excluding tert-OH is 1. The molecule has 2 aromatic rings. The average molecular weight is 521 g/mol. The van der Waals surface area contributed by atoms with Gasteiger partial charge < -0.3 is 29.5 Å². The second-order valence-electron chi connectivity index (χ2n) is 10.1. The van der Waals surface area contributed by atoms with Crippen molar-refractivity contribution in [2.24, 2.45) is 11.8 Å². The summed E-state index contributed by atoms with van der Waals surface area (Å²) in [5, 5.41) is 20.5. The predicted molar refractivity (Wildman–Crippen MR) is 139 cm³/mol. The summed E-state index contributed by atoms with van der Waals surface area (Å²) in [6, 6.07) is 14.5. The summed E-state index contributed by atoms with van der Waals surface area (Å²) >= 11 is 0. The molecule has 9 nitrogen and oxygen atoms in total. The van der Waals surface area contributed by atoms with E-state index in [0.29, 0.717) is 30.7 Å². The number of hydrogen-bond donors (Lipinski definition) is 2. The van der Waals surface area contributed by atoms with Gasteiger partial charge in [0.2, 0.25) is 5.91 Å². The molecule has 3 fully saturated rings. The number of rotatable bonds is 10. The third-order valence-electron chi connectivity index (χ3n) is 8.14. The molecule has 0 aliphatic carbocycles. The fourth-order valence-electron chi connectivity index (χ4n) is 6.54. The van der Waals surface area contributed by atoms with Crippen LogP contribution in [0.2, 0.25) is 0 Å². The standard InChI is InChI=1S/C29H32N2O7/c1-3-15-30(19-9-11-21(37-2)12-10-19)27(34)25-29-14-13-22(38-29)23(28(35)36)24(29)26(33)31(25)20(17-32)16-18-7-5-4-6-8-18/h3-12,20,22-25,32H,1,13-17H2,2H3,(H,35,36)/t20-,22-,23+,24+,25-,29+/m1/s1. The van der Waals surface area contributed by atoms with Gasteiger partial charge in [0.25, 0.3) is 5.91 Å². The minimum absolute atomic E-state index is 0.165. The van der Waals surface area contributed by atoms with Crippen LogP contribution in [-0.2, 0) is 25.5 Å². The molecule has 3 aliphatic rings. The van der Waals surface area contributed by atoms with Crippen molar-refractivity contribution in [3.05, 3.63) is 72.8 Å². The number of amides is 2. The molecule has 3 aliphatic heterocycles. The monoisotopic (exact) mass is 520 g/mol. The Morgan fingerprint density at radius 3 is 2.55 bits per heavy atom. The van der Waals surface area contributed by atoms with Gasteiger partial charge in [0.05, 0.1) is 37.7 Å². The molecule has 2 N–H and O–H groups in total. The van der Waals surface area contributed by atoms with Gasteiger partial charge in [-0.1, -0.05) is 36.4 Å². The number of methoxy groups -OCH3 is 1. The number of ether oxygens (including phenoxy) is 2. The summed E-state index contributed by atoms with van der Waals surface area (Å²) in [6.07, 6.45) is 2.11. The van der Waals surface area contributed by atoms with Crippen LogP contribution < -0.4 is 9.64 Å². The zero-order chi connectivity index (χ0) is 27.0. The van der Waals surface area contributed by atoms with Crippen LogP contribution in [0.1, 0.15) is 18.4 Å². The lowest BCUT2D eigenvalue weighted by Gasteiger charge is -2.39. The molecule has 3 heterocycles. The lowest BCUT2D eigenvalue weighted by molar-refractivity contribution is -0.151. The highest BCUT2D eigenvalue weighted by atomic mass is 16.5. The van der Waals surface area contributed by atoms with Crippen molar-refractivity contribution in [2.45, 2.75) is 43.1 Å². The Morgan fingerprint density at radius 2 is 1.95 bits per heavy atom. The van der Waals surface area contributed by atoms with E-state index in [9.17, 15) is 24.6 Å². The minimum atomic E-state index is -1.28. The quantitative estimate of drug-likeness (QED) is 0.462. The highest BCUT2D eigenvalue weighted by molar-refractivity contribution is 6.04. The van der Waals surface area contributed by atoms with Crippen LogP contribution in [0.15, 0.2) is 67.3 Å². The molecule has 3 saturated heterocycles. The van der Waals surface area contributed by atoms with E-state index in [1.54, 1.807) is 37.5 Å². The summed E-state index contributed by atoms with van der Waals surface area (Å²) in [4.78, 5) is 43.7. The maximum atomic E-state index is 14.5.